The molecule has 2 aliphatic rings. The lowest BCUT2D eigenvalue weighted by atomic mass is 10.1. The van der Waals surface area contributed by atoms with Crippen LogP contribution < -0.4 is 27.7 Å². The van der Waals surface area contributed by atoms with Crippen molar-refractivity contribution in [3.05, 3.63) is 33.4 Å². The van der Waals surface area contributed by atoms with E-state index in [2.05, 4.69) is 35.0 Å². The van der Waals surface area contributed by atoms with Crippen molar-refractivity contribution in [3.8, 4) is 0 Å². The van der Waals surface area contributed by atoms with Crippen LogP contribution in [-0.2, 0) is 27.8 Å². The van der Waals surface area contributed by atoms with Crippen molar-refractivity contribution < 1.29 is 38.0 Å². The SMILES string of the molecule is CO[C@@H]1C(O)[C@@H](COP(=O)(NCCCN(C)C)OC2C[C@H](n3cnc4c(=O)[nH]c(N)nc43)O[C@@H]2CO)O[C@H]1n1cnc2c(=O)[nH]c(N)nc21. The third-order valence-electron chi connectivity index (χ3n) is 8.20. The molecule has 8 atom stereocenters. The van der Waals surface area contributed by atoms with E-state index in [0.717, 1.165) is 0 Å². The van der Waals surface area contributed by atoms with Crippen LogP contribution in [0.1, 0.15) is 25.3 Å². The molecule has 2 saturated heterocycles. The van der Waals surface area contributed by atoms with E-state index in [4.69, 9.17) is 34.7 Å². The van der Waals surface area contributed by atoms with Gasteiger partial charge in [0.2, 0.25) is 11.9 Å². The number of H-pyrrole nitrogens is 2. The van der Waals surface area contributed by atoms with Crippen LogP contribution in [-0.4, -0.2) is 132 Å². The number of rotatable bonds is 14. The minimum absolute atomic E-state index is 0.00642. The third kappa shape index (κ3) is 7.10. The monoisotopic (exact) mass is 710 g/mol. The molecule has 3 unspecified atom stereocenters. The van der Waals surface area contributed by atoms with E-state index in [-0.39, 0.29) is 47.2 Å². The Hall–Kier alpha value is -3.83. The van der Waals surface area contributed by atoms with Gasteiger partial charge < -0.3 is 40.8 Å². The van der Waals surface area contributed by atoms with Gasteiger partial charge in [-0.25, -0.2) is 19.6 Å². The number of hydrogen-bond donors (Lipinski definition) is 7. The molecule has 2 fully saturated rings. The Labute approximate surface area is 277 Å². The smallest absolute Gasteiger partial charge is 0.394 e. The molecular weight excluding hydrogens is 671 g/mol. The molecule has 0 saturated carbocycles. The Balaban J connectivity index is 1.20. The molecule has 2 aliphatic heterocycles. The fraction of sp³-hybridized carbons (Fsp3) is 0.615. The lowest BCUT2D eigenvalue weighted by Crippen LogP contribution is -2.36. The summed E-state index contributed by atoms with van der Waals surface area (Å²) in [4.78, 5) is 47.8. The number of aromatic amines is 2. The van der Waals surface area contributed by atoms with Crippen LogP contribution in [0, 0.1) is 0 Å². The van der Waals surface area contributed by atoms with Crippen molar-refractivity contribution in [2.75, 3.05) is 59.0 Å². The summed E-state index contributed by atoms with van der Waals surface area (Å²) in [6.45, 7) is -0.0101. The first kappa shape index (κ1) is 35.0. The molecule has 0 spiro atoms. The predicted molar refractivity (Wildman–Crippen MR) is 171 cm³/mol. The van der Waals surface area contributed by atoms with E-state index < -0.39 is 75.1 Å². The number of hydrogen-bond acceptors (Lipinski definition) is 17. The van der Waals surface area contributed by atoms with Gasteiger partial charge in [0, 0.05) is 20.1 Å². The van der Waals surface area contributed by atoms with Crippen LogP contribution in [0.2, 0.25) is 0 Å². The lowest BCUT2D eigenvalue weighted by molar-refractivity contribution is -0.0597. The normalized spacial score (nSPS) is 27.1. The fourth-order valence-corrected chi connectivity index (χ4v) is 7.42. The van der Waals surface area contributed by atoms with Crippen molar-refractivity contribution in [1.29, 1.82) is 0 Å². The highest BCUT2D eigenvalue weighted by Crippen LogP contribution is 2.49. The molecule has 4 aromatic heterocycles. The molecule has 0 aromatic carbocycles. The molecule has 0 aliphatic carbocycles. The zero-order chi connectivity index (χ0) is 35.0. The number of ether oxygens (including phenoxy) is 3. The average molecular weight is 711 g/mol. The molecule has 268 valence electrons. The van der Waals surface area contributed by atoms with E-state index in [1.807, 2.05) is 19.0 Å². The van der Waals surface area contributed by atoms with Crippen LogP contribution >= 0.6 is 7.75 Å². The highest BCUT2D eigenvalue weighted by Gasteiger charge is 2.48. The Morgan fingerprint density at radius 1 is 1.06 bits per heavy atom. The number of imidazole rings is 2. The van der Waals surface area contributed by atoms with Gasteiger partial charge in [-0.1, -0.05) is 0 Å². The maximum Gasteiger partial charge on any atom is 0.405 e. The van der Waals surface area contributed by atoms with Crippen molar-refractivity contribution in [2.45, 2.75) is 55.8 Å². The van der Waals surface area contributed by atoms with E-state index >= 15 is 0 Å². The van der Waals surface area contributed by atoms with Gasteiger partial charge in [0.05, 0.1) is 25.9 Å². The summed E-state index contributed by atoms with van der Waals surface area (Å²) in [5, 5.41) is 24.2. The average Bonchev–Trinajstić information content (AvgIpc) is 3.82. The van der Waals surface area contributed by atoms with Crippen molar-refractivity contribution >= 4 is 42.0 Å². The predicted octanol–water partition coefficient (Wildman–Crippen LogP) is -1.98. The molecule has 0 radical (unpaired) electrons. The van der Waals surface area contributed by atoms with E-state index in [1.54, 1.807) is 0 Å². The highest BCUT2D eigenvalue weighted by atomic mass is 31.2. The molecular formula is C26H39N12O10P. The number of aromatic nitrogens is 8. The van der Waals surface area contributed by atoms with E-state index in [0.29, 0.717) is 13.0 Å². The summed E-state index contributed by atoms with van der Waals surface area (Å²) < 4.78 is 46.8. The number of methoxy groups -OCH3 is 1. The van der Waals surface area contributed by atoms with Crippen LogP contribution in [0.5, 0.6) is 0 Å². The molecule has 4 aromatic rings. The van der Waals surface area contributed by atoms with Crippen LogP contribution in [0.3, 0.4) is 0 Å². The highest BCUT2D eigenvalue weighted by molar-refractivity contribution is 7.51. The number of nitrogen functional groups attached to an aromatic ring is 2. The molecule has 9 N–H and O–H groups in total. The number of nitrogens with two attached hydrogens (primary N) is 2. The molecule has 6 rings (SSSR count). The number of aliphatic hydroxyl groups is 2. The fourth-order valence-electron chi connectivity index (χ4n) is 5.84. The minimum atomic E-state index is -4.19. The summed E-state index contributed by atoms with van der Waals surface area (Å²) in [7, 11) is 0.982. The van der Waals surface area contributed by atoms with E-state index in [9.17, 15) is 24.4 Å². The number of nitrogens with zero attached hydrogens (tertiary/aromatic N) is 7. The topological polar surface area (TPSA) is 298 Å². The van der Waals surface area contributed by atoms with Gasteiger partial charge in [-0.05, 0) is 27.1 Å². The van der Waals surface area contributed by atoms with Crippen LogP contribution in [0.25, 0.3) is 22.3 Å². The van der Waals surface area contributed by atoms with Gasteiger partial charge in [0.15, 0.2) is 28.6 Å². The van der Waals surface area contributed by atoms with Crippen molar-refractivity contribution in [1.82, 2.24) is 49.0 Å². The largest absolute Gasteiger partial charge is 0.405 e. The summed E-state index contributed by atoms with van der Waals surface area (Å²) in [6, 6.07) is 0. The summed E-state index contributed by atoms with van der Waals surface area (Å²) in [5.74, 6) is -0.257. The first-order valence-corrected chi connectivity index (χ1v) is 16.9. The standard InChI is InChI=1S/C26H39N12O10P/c1-36(2)6-4-5-31-49(43,48-12-7-15(46-13(12)8-39)37-10-29-16-20(37)32-25(27)34-22(16)41)45-9-14-18(40)19(44-3)24(47-14)38-11-30-17-21(38)33-26(28)35-23(17)42/h10-15,18-19,24,39-40H,4-9H2,1-3H3,(H,31,43)(H3,27,32,34,41)(H3,28,33,35,42)/t12?,13-,14-,15-,18?,19-,24-,49?/m1/s1. The number of aliphatic hydroxyl groups excluding tert-OH is 2. The lowest BCUT2D eigenvalue weighted by Gasteiger charge is -2.26. The molecule has 49 heavy (non-hydrogen) atoms. The second-order valence-electron chi connectivity index (χ2n) is 11.9. The Morgan fingerprint density at radius 3 is 2.31 bits per heavy atom. The minimum Gasteiger partial charge on any atom is -0.394 e. The molecule has 23 heteroatoms. The summed E-state index contributed by atoms with van der Waals surface area (Å²) >= 11 is 0. The van der Waals surface area contributed by atoms with Crippen molar-refractivity contribution in [3.63, 3.8) is 0 Å². The Morgan fingerprint density at radius 2 is 1.69 bits per heavy atom. The zero-order valence-electron chi connectivity index (χ0n) is 26.8. The molecule has 0 amide bonds. The first-order chi connectivity index (χ1) is 23.4. The second-order valence-corrected chi connectivity index (χ2v) is 13.6. The third-order valence-corrected chi connectivity index (χ3v) is 9.85. The summed E-state index contributed by atoms with van der Waals surface area (Å²) in [5.41, 5.74) is 10.7. The maximum atomic E-state index is 14.3. The Kier molecular flexibility index (Phi) is 10.1. The van der Waals surface area contributed by atoms with Gasteiger partial charge in [-0.3, -0.25) is 37.7 Å². The van der Waals surface area contributed by atoms with Crippen molar-refractivity contribution in [2.24, 2.45) is 0 Å². The van der Waals surface area contributed by atoms with Gasteiger partial charge in [-0.15, -0.1) is 0 Å². The zero-order valence-corrected chi connectivity index (χ0v) is 27.7. The molecule has 0 bridgehead atoms. The van der Waals surface area contributed by atoms with Gasteiger partial charge in [-0.2, -0.15) is 9.97 Å². The van der Waals surface area contributed by atoms with Crippen LogP contribution in [0.15, 0.2) is 22.2 Å². The van der Waals surface area contributed by atoms with Gasteiger partial charge in [0.25, 0.3) is 11.1 Å². The van der Waals surface area contributed by atoms with E-state index in [1.165, 1.54) is 28.9 Å². The number of fused-ring (bicyclic) bond motifs is 2. The maximum absolute atomic E-state index is 14.3. The molecule has 22 nitrogen and oxygen atoms in total. The second kappa shape index (κ2) is 14.2. The Bertz CT molecular complexity index is 1950. The van der Waals surface area contributed by atoms with Crippen LogP contribution in [0.4, 0.5) is 11.9 Å². The summed E-state index contributed by atoms with van der Waals surface area (Å²) in [6.07, 6.45) is -3.75. The number of nitrogens with one attached hydrogen (secondary N) is 3. The number of anilines is 2. The molecule has 6 heterocycles. The van der Waals surface area contributed by atoms with Gasteiger partial charge >= 0.3 is 7.75 Å². The van der Waals surface area contributed by atoms with Gasteiger partial charge in [0.1, 0.15) is 36.7 Å². The quantitative estimate of drug-likeness (QED) is 0.0551. The first-order valence-electron chi connectivity index (χ1n) is 15.3.